The zero-order valence-electron chi connectivity index (χ0n) is 18.8. The maximum absolute atomic E-state index is 13.4. The van der Waals surface area contributed by atoms with Gasteiger partial charge in [-0.25, -0.2) is 13.2 Å². The van der Waals surface area contributed by atoms with Gasteiger partial charge in [0.15, 0.2) is 6.61 Å². The molecule has 1 heterocycles. The lowest BCUT2D eigenvalue weighted by atomic mass is 9.65. The van der Waals surface area contributed by atoms with Crippen molar-refractivity contribution in [2.24, 2.45) is 16.6 Å². The third-order valence-electron chi connectivity index (χ3n) is 6.16. The molecule has 8 nitrogen and oxygen atoms in total. The maximum atomic E-state index is 13.4. The van der Waals surface area contributed by atoms with Crippen molar-refractivity contribution < 1.29 is 22.7 Å². The molecule has 0 radical (unpaired) electrons. The fourth-order valence-corrected chi connectivity index (χ4v) is 7.09. The Morgan fingerprint density at radius 1 is 1.28 bits per heavy atom. The van der Waals surface area contributed by atoms with E-state index in [1.165, 1.54) is 31.2 Å². The van der Waals surface area contributed by atoms with Crippen molar-refractivity contribution in [3.05, 3.63) is 41.1 Å². The number of esters is 1. The van der Waals surface area contributed by atoms with E-state index in [0.29, 0.717) is 6.54 Å². The Kier molecular flexibility index (Phi) is 6.24. The van der Waals surface area contributed by atoms with Gasteiger partial charge in [0.1, 0.15) is 11.6 Å². The van der Waals surface area contributed by atoms with Crippen LogP contribution in [0.15, 0.2) is 40.4 Å². The van der Waals surface area contributed by atoms with E-state index >= 15 is 0 Å². The van der Waals surface area contributed by atoms with Crippen molar-refractivity contribution in [1.29, 1.82) is 5.26 Å². The number of hydrogen-bond donors (Lipinski definition) is 1. The zero-order chi connectivity index (χ0) is 23.9. The average molecular weight is 460 g/mol. The van der Waals surface area contributed by atoms with Crippen LogP contribution in [0.1, 0.15) is 57.3 Å². The summed E-state index contributed by atoms with van der Waals surface area (Å²) in [7, 11) is -3.81. The summed E-state index contributed by atoms with van der Waals surface area (Å²) in [5.41, 5.74) is 5.26. The van der Waals surface area contributed by atoms with Gasteiger partial charge in [-0.1, -0.05) is 26.8 Å². The van der Waals surface area contributed by atoms with E-state index in [2.05, 4.69) is 20.8 Å². The van der Waals surface area contributed by atoms with Gasteiger partial charge < -0.3 is 10.5 Å². The summed E-state index contributed by atoms with van der Waals surface area (Å²) in [6, 6.07) is 7.24. The molecular weight excluding hydrogens is 430 g/mol. The van der Waals surface area contributed by atoms with Crippen LogP contribution in [0.3, 0.4) is 0 Å². The fraction of sp³-hybridized carbons (Fsp3) is 0.522. The van der Waals surface area contributed by atoms with Gasteiger partial charge in [-0.15, -0.1) is 0 Å². The highest BCUT2D eigenvalue weighted by atomic mass is 32.2. The highest BCUT2D eigenvalue weighted by molar-refractivity contribution is 7.89. The smallest absolute Gasteiger partial charge is 0.338 e. The molecule has 2 atom stereocenters. The predicted molar refractivity (Wildman–Crippen MR) is 118 cm³/mol. The van der Waals surface area contributed by atoms with Gasteiger partial charge in [0.05, 0.1) is 10.5 Å². The lowest BCUT2D eigenvalue weighted by Gasteiger charge is -2.39. The number of ketones is 1. The largest absolute Gasteiger partial charge is 0.454 e. The summed E-state index contributed by atoms with van der Waals surface area (Å²) in [6.45, 7) is 7.67. The quantitative estimate of drug-likeness (QED) is 0.393. The van der Waals surface area contributed by atoms with Crippen LogP contribution in [0, 0.1) is 22.2 Å². The molecule has 1 aliphatic carbocycles. The fourth-order valence-electron chi connectivity index (χ4n) is 5.27. The first-order chi connectivity index (χ1) is 14.8. The summed E-state index contributed by atoms with van der Waals surface area (Å²) in [5, 5.41) is 8.97. The molecule has 0 aromatic heterocycles. The van der Waals surface area contributed by atoms with Gasteiger partial charge in [-0.2, -0.15) is 9.57 Å². The molecular formula is C23H29N3O5S. The SMILES string of the molecule is C/C(N)=C(/C#N)C(=O)COC(=O)c1cccc(S(=O)(=O)N2CC3(C)CC2CC(C)(C)C3)c1. The van der Waals surface area contributed by atoms with Crippen LogP contribution in [0.25, 0.3) is 0 Å². The van der Waals surface area contributed by atoms with Crippen molar-refractivity contribution in [3.63, 3.8) is 0 Å². The third kappa shape index (κ3) is 4.71. The standard InChI is InChI=1S/C23H29N3O5S/c1-15(25)19(11-24)20(27)12-31-21(28)16-6-5-7-18(8-16)32(29,30)26-14-23(4)10-17(26)9-22(2,3)13-23/h5-8,17H,9-10,12-14,25H2,1-4H3/b19-15+. The number of benzene rings is 1. The normalized spacial score (nSPS) is 25.5. The predicted octanol–water partition coefficient (Wildman–Crippen LogP) is 2.76. The van der Waals surface area contributed by atoms with Crippen LogP contribution in [-0.4, -0.2) is 43.7 Å². The minimum atomic E-state index is -3.81. The second-order valence-corrected chi connectivity index (χ2v) is 11.9. The molecule has 1 saturated heterocycles. The van der Waals surface area contributed by atoms with E-state index in [1.54, 1.807) is 10.4 Å². The molecule has 0 spiro atoms. The molecule has 172 valence electrons. The molecule has 1 saturated carbocycles. The number of ether oxygens (including phenoxy) is 1. The number of rotatable bonds is 6. The summed E-state index contributed by atoms with van der Waals surface area (Å²) in [5.74, 6) is -1.57. The van der Waals surface area contributed by atoms with Crippen molar-refractivity contribution in [3.8, 4) is 6.07 Å². The average Bonchev–Trinajstić information content (AvgIpc) is 2.95. The summed E-state index contributed by atoms with van der Waals surface area (Å²) in [6.07, 6.45) is 2.58. The minimum absolute atomic E-state index is 0.0135. The van der Waals surface area contributed by atoms with Crippen molar-refractivity contribution in [1.82, 2.24) is 4.31 Å². The minimum Gasteiger partial charge on any atom is -0.454 e. The molecule has 1 aromatic carbocycles. The Morgan fingerprint density at radius 2 is 1.97 bits per heavy atom. The van der Waals surface area contributed by atoms with Crippen LogP contribution in [-0.2, 0) is 19.6 Å². The van der Waals surface area contributed by atoms with Crippen LogP contribution in [0.2, 0.25) is 0 Å². The number of Topliss-reactive ketones (excluding diaryl/α,β-unsaturated/α-hetero) is 1. The van der Waals surface area contributed by atoms with E-state index in [0.717, 1.165) is 19.3 Å². The van der Waals surface area contributed by atoms with E-state index in [4.69, 9.17) is 15.7 Å². The molecule has 2 aliphatic rings. The second kappa shape index (κ2) is 8.34. The van der Waals surface area contributed by atoms with E-state index in [-0.39, 0.29) is 38.6 Å². The van der Waals surface area contributed by atoms with Gasteiger partial charge in [0.2, 0.25) is 15.8 Å². The van der Waals surface area contributed by atoms with Gasteiger partial charge in [0.25, 0.3) is 0 Å². The topological polar surface area (TPSA) is 131 Å². The monoisotopic (exact) mass is 459 g/mol. The van der Waals surface area contributed by atoms with Crippen LogP contribution in [0.4, 0.5) is 0 Å². The van der Waals surface area contributed by atoms with Gasteiger partial charge >= 0.3 is 5.97 Å². The Labute approximate surface area is 189 Å². The van der Waals surface area contributed by atoms with E-state index in [1.807, 2.05) is 0 Å². The third-order valence-corrected chi connectivity index (χ3v) is 8.06. The molecule has 3 rings (SSSR count). The summed E-state index contributed by atoms with van der Waals surface area (Å²) >= 11 is 0. The Morgan fingerprint density at radius 3 is 2.59 bits per heavy atom. The second-order valence-electron chi connectivity index (χ2n) is 9.96. The van der Waals surface area contributed by atoms with Gasteiger partial charge in [0, 0.05) is 18.3 Å². The molecule has 1 aromatic rings. The zero-order valence-corrected chi connectivity index (χ0v) is 19.7. The molecule has 2 fully saturated rings. The van der Waals surface area contributed by atoms with Gasteiger partial charge in [-0.05, 0) is 55.2 Å². The number of hydrogen-bond acceptors (Lipinski definition) is 7. The van der Waals surface area contributed by atoms with Crippen molar-refractivity contribution in [2.75, 3.05) is 13.2 Å². The van der Waals surface area contributed by atoms with Gasteiger partial charge in [-0.3, -0.25) is 4.79 Å². The Hall–Kier alpha value is -2.70. The number of carbonyl (C=O) groups is 2. The van der Waals surface area contributed by atoms with Crippen LogP contribution >= 0.6 is 0 Å². The van der Waals surface area contributed by atoms with Crippen molar-refractivity contribution >= 4 is 21.8 Å². The first-order valence-electron chi connectivity index (χ1n) is 10.5. The van der Waals surface area contributed by atoms with E-state index in [9.17, 15) is 18.0 Å². The Balaban J connectivity index is 1.79. The molecule has 32 heavy (non-hydrogen) atoms. The number of sulfonamides is 1. The molecule has 0 amide bonds. The number of nitrogens with two attached hydrogens (primary N) is 1. The highest BCUT2D eigenvalue weighted by Crippen LogP contribution is 2.53. The molecule has 2 N–H and O–H groups in total. The molecule has 2 unspecified atom stereocenters. The molecule has 1 aliphatic heterocycles. The summed E-state index contributed by atoms with van der Waals surface area (Å²) in [4.78, 5) is 24.5. The van der Waals surface area contributed by atoms with Crippen molar-refractivity contribution in [2.45, 2.75) is 57.9 Å². The van der Waals surface area contributed by atoms with Crippen LogP contribution < -0.4 is 5.73 Å². The van der Waals surface area contributed by atoms with E-state index < -0.39 is 28.4 Å². The number of carbonyl (C=O) groups excluding carboxylic acids is 2. The number of allylic oxidation sites excluding steroid dienone is 1. The number of fused-ring (bicyclic) bond motifs is 2. The lowest BCUT2D eigenvalue weighted by molar-refractivity contribution is -0.118. The highest BCUT2D eigenvalue weighted by Gasteiger charge is 2.53. The molecule has 9 heteroatoms. The number of nitrogens with zero attached hydrogens (tertiary/aromatic N) is 2. The van der Waals surface area contributed by atoms with Crippen LogP contribution in [0.5, 0.6) is 0 Å². The maximum Gasteiger partial charge on any atom is 0.338 e. The Bertz CT molecular complexity index is 1130. The first-order valence-corrected chi connectivity index (χ1v) is 11.9. The summed E-state index contributed by atoms with van der Waals surface area (Å²) < 4.78 is 33.4. The molecule has 2 bridgehead atoms. The first kappa shape index (κ1) is 24.0. The lowest BCUT2D eigenvalue weighted by Crippen LogP contribution is -2.37. The number of nitriles is 1.